The SMILES string of the molecule is Cc1ccnc(Cl)c1NC(=O)Cc1ccccn1. The number of aryl methyl sites for hydroxylation is 1. The minimum Gasteiger partial charge on any atom is -0.323 e. The zero-order chi connectivity index (χ0) is 13.0. The molecule has 2 aromatic rings. The fourth-order valence-electron chi connectivity index (χ4n) is 1.53. The van der Waals surface area contributed by atoms with Crippen molar-refractivity contribution in [1.29, 1.82) is 0 Å². The van der Waals surface area contributed by atoms with Gasteiger partial charge < -0.3 is 5.32 Å². The number of amides is 1. The summed E-state index contributed by atoms with van der Waals surface area (Å²) in [4.78, 5) is 19.9. The van der Waals surface area contributed by atoms with Crippen LogP contribution in [0.1, 0.15) is 11.3 Å². The number of nitrogens with one attached hydrogen (secondary N) is 1. The largest absolute Gasteiger partial charge is 0.323 e. The standard InChI is InChI=1S/C13H12ClN3O/c1-9-5-7-16-13(14)12(9)17-11(18)8-10-4-2-3-6-15-10/h2-7H,8H2,1H3,(H,17,18). The van der Waals surface area contributed by atoms with Crippen molar-refractivity contribution < 1.29 is 4.79 Å². The summed E-state index contributed by atoms with van der Waals surface area (Å²) in [5.41, 5.74) is 2.15. The molecule has 18 heavy (non-hydrogen) atoms. The second-order valence-corrected chi connectivity index (χ2v) is 4.20. The molecule has 0 aliphatic heterocycles. The van der Waals surface area contributed by atoms with Gasteiger partial charge in [0.1, 0.15) is 0 Å². The third-order valence-corrected chi connectivity index (χ3v) is 2.73. The molecule has 5 heteroatoms. The van der Waals surface area contributed by atoms with Crippen LogP contribution in [-0.2, 0) is 11.2 Å². The molecular formula is C13H12ClN3O. The van der Waals surface area contributed by atoms with Crippen molar-refractivity contribution in [2.75, 3.05) is 5.32 Å². The minimum atomic E-state index is -0.160. The smallest absolute Gasteiger partial charge is 0.230 e. The molecule has 0 aliphatic carbocycles. The predicted octanol–water partition coefficient (Wildman–Crippen LogP) is 2.62. The van der Waals surface area contributed by atoms with Crippen LogP contribution in [0.2, 0.25) is 5.15 Å². The number of pyridine rings is 2. The van der Waals surface area contributed by atoms with Crippen LogP contribution in [0.4, 0.5) is 5.69 Å². The van der Waals surface area contributed by atoms with Crippen molar-refractivity contribution in [3.8, 4) is 0 Å². The van der Waals surface area contributed by atoms with E-state index in [1.54, 1.807) is 24.5 Å². The maximum Gasteiger partial charge on any atom is 0.230 e. The summed E-state index contributed by atoms with van der Waals surface area (Å²) in [7, 11) is 0. The summed E-state index contributed by atoms with van der Waals surface area (Å²) >= 11 is 5.94. The van der Waals surface area contributed by atoms with Crippen molar-refractivity contribution in [3.63, 3.8) is 0 Å². The van der Waals surface area contributed by atoms with Gasteiger partial charge in [-0.1, -0.05) is 17.7 Å². The van der Waals surface area contributed by atoms with Crippen LogP contribution in [0.5, 0.6) is 0 Å². The van der Waals surface area contributed by atoms with Gasteiger partial charge in [-0.15, -0.1) is 0 Å². The van der Waals surface area contributed by atoms with Crippen molar-refractivity contribution in [3.05, 3.63) is 53.1 Å². The summed E-state index contributed by atoms with van der Waals surface area (Å²) in [6.07, 6.45) is 3.47. The first-order valence-electron chi connectivity index (χ1n) is 5.47. The molecule has 0 spiro atoms. The van der Waals surface area contributed by atoms with Crippen LogP contribution in [-0.4, -0.2) is 15.9 Å². The maximum atomic E-state index is 11.8. The fourth-order valence-corrected chi connectivity index (χ4v) is 1.78. The number of rotatable bonds is 3. The Hall–Kier alpha value is -1.94. The van der Waals surface area contributed by atoms with E-state index in [0.29, 0.717) is 16.5 Å². The van der Waals surface area contributed by atoms with Gasteiger partial charge in [0.2, 0.25) is 5.91 Å². The number of nitrogens with zero attached hydrogens (tertiary/aromatic N) is 2. The van der Waals surface area contributed by atoms with Crippen LogP contribution >= 0.6 is 11.6 Å². The Kier molecular flexibility index (Phi) is 3.89. The average molecular weight is 262 g/mol. The molecule has 4 nitrogen and oxygen atoms in total. The highest BCUT2D eigenvalue weighted by atomic mass is 35.5. The van der Waals surface area contributed by atoms with E-state index in [1.807, 2.05) is 19.1 Å². The molecule has 2 rings (SSSR count). The average Bonchev–Trinajstić information content (AvgIpc) is 2.35. The number of halogens is 1. The van der Waals surface area contributed by atoms with Crippen molar-refractivity contribution in [2.45, 2.75) is 13.3 Å². The summed E-state index contributed by atoms with van der Waals surface area (Å²) < 4.78 is 0. The van der Waals surface area contributed by atoms with Gasteiger partial charge in [-0.05, 0) is 30.7 Å². The van der Waals surface area contributed by atoms with Gasteiger partial charge in [0, 0.05) is 18.1 Å². The zero-order valence-corrected chi connectivity index (χ0v) is 10.6. The Morgan fingerprint density at radius 2 is 2.11 bits per heavy atom. The number of carbonyl (C=O) groups excluding carboxylic acids is 1. The van der Waals surface area contributed by atoms with E-state index in [0.717, 1.165) is 5.56 Å². The first kappa shape index (κ1) is 12.5. The van der Waals surface area contributed by atoms with E-state index in [-0.39, 0.29) is 12.3 Å². The van der Waals surface area contributed by atoms with Crippen LogP contribution in [0.25, 0.3) is 0 Å². The van der Waals surface area contributed by atoms with Crippen LogP contribution in [0.15, 0.2) is 36.7 Å². The molecule has 2 aromatic heterocycles. The number of aromatic nitrogens is 2. The highest BCUT2D eigenvalue weighted by Crippen LogP contribution is 2.22. The summed E-state index contributed by atoms with van der Waals surface area (Å²) in [5, 5.41) is 3.05. The molecule has 2 heterocycles. The lowest BCUT2D eigenvalue weighted by molar-refractivity contribution is -0.115. The van der Waals surface area contributed by atoms with Gasteiger partial charge in [-0.25, -0.2) is 4.98 Å². The Balaban J connectivity index is 2.08. The molecule has 0 aliphatic rings. The topological polar surface area (TPSA) is 54.9 Å². The van der Waals surface area contributed by atoms with Crippen molar-refractivity contribution >= 4 is 23.2 Å². The Morgan fingerprint density at radius 1 is 1.28 bits per heavy atom. The van der Waals surface area contributed by atoms with Crippen molar-refractivity contribution in [2.24, 2.45) is 0 Å². The quantitative estimate of drug-likeness (QED) is 0.864. The Morgan fingerprint density at radius 3 is 2.78 bits per heavy atom. The van der Waals surface area contributed by atoms with E-state index in [2.05, 4.69) is 15.3 Å². The molecule has 0 atom stereocenters. The van der Waals surface area contributed by atoms with E-state index in [4.69, 9.17) is 11.6 Å². The third-order valence-electron chi connectivity index (χ3n) is 2.45. The molecule has 92 valence electrons. The maximum absolute atomic E-state index is 11.8. The normalized spacial score (nSPS) is 10.1. The molecule has 0 saturated heterocycles. The molecule has 0 saturated carbocycles. The third kappa shape index (κ3) is 3.05. The molecule has 0 fully saturated rings. The first-order valence-corrected chi connectivity index (χ1v) is 5.85. The second-order valence-electron chi connectivity index (χ2n) is 3.84. The summed E-state index contributed by atoms with van der Waals surface area (Å²) in [6.45, 7) is 1.87. The van der Waals surface area contributed by atoms with E-state index >= 15 is 0 Å². The Bertz CT molecular complexity index is 537. The first-order chi connectivity index (χ1) is 8.66. The summed E-state index contributed by atoms with van der Waals surface area (Å²) in [5.74, 6) is -0.160. The molecule has 1 amide bonds. The molecular weight excluding hydrogens is 250 g/mol. The molecule has 0 aromatic carbocycles. The lowest BCUT2D eigenvalue weighted by Crippen LogP contribution is -2.16. The Labute approximate surface area is 110 Å². The van der Waals surface area contributed by atoms with E-state index in [9.17, 15) is 4.79 Å². The van der Waals surface area contributed by atoms with Gasteiger partial charge in [-0.2, -0.15) is 0 Å². The lowest BCUT2D eigenvalue weighted by Gasteiger charge is -2.09. The van der Waals surface area contributed by atoms with E-state index < -0.39 is 0 Å². The number of hydrogen-bond donors (Lipinski definition) is 1. The lowest BCUT2D eigenvalue weighted by atomic mass is 10.2. The molecule has 0 bridgehead atoms. The predicted molar refractivity (Wildman–Crippen MR) is 70.6 cm³/mol. The molecule has 0 unspecified atom stereocenters. The number of carbonyl (C=O) groups is 1. The van der Waals surface area contributed by atoms with Gasteiger partial charge >= 0.3 is 0 Å². The van der Waals surface area contributed by atoms with Gasteiger partial charge in [-0.3, -0.25) is 9.78 Å². The van der Waals surface area contributed by atoms with Crippen molar-refractivity contribution in [1.82, 2.24) is 9.97 Å². The molecule has 0 radical (unpaired) electrons. The van der Waals surface area contributed by atoms with Gasteiger partial charge in [0.15, 0.2) is 5.15 Å². The second kappa shape index (κ2) is 5.60. The highest BCUT2D eigenvalue weighted by molar-refractivity contribution is 6.32. The van der Waals surface area contributed by atoms with Crippen LogP contribution < -0.4 is 5.32 Å². The minimum absolute atomic E-state index is 0.160. The van der Waals surface area contributed by atoms with Gasteiger partial charge in [0.25, 0.3) is 0 Å². The van der Waals surface area contributed by atoms with Gasteiger partial charge in [0.05, 0.1) is 12.1 Å². The fraction of sp³-hybridized carbons (Fsp3) is 0.154. The van der Waals surface area contributed by atoms with E-state index in [1.165, 1.54) is 0 Å². The van der Waals surface area contributed by atoms with Crippen LogP contribution in [0.3, 0.4) is 0 Å². The highest BCUT2D eigenvalue weighted by Gasteiger charge is 2.10. The zero-order valence-electron chi connectivity index (χ0n) is 9.85. The molecule has 1 N–H and O–H groups in total. The number of hydrogen-bond acceptors (Lipinski definition) is 3. The van der Waals surface area contributed by atoms with Crippen LogP contribution in [0, 0.1) is 6.92 Å². The monoisotopic (exact) mass is 261 g/mol. The summed E-state index contributed by atoms with van der Waals surface area (Å²) in [6, 6.07) is 7.25. The number of anilines is 1.